The molecule has 0 aromatic heterocycles. The zero-order chi connectivity index (χ0) is 19.7. The molecule has 0 spiro atoms. The molecule has 0 saturated heterocycles. The van der Waals surface area contributed by atoms with Crippen LogP contribution in [-0.2, 0) is 24.4 Å². The van der Waals surface area contributed by atoms with Gasteiger partial charge in [-0.2, -0.15) is 4.72 Å². The predicted octanol–water partition coefficient (Wildman–Crippen LogP) is -0.0458. The number of nitrogens with one attached hydrogen (secondary N) is 4. The molecule has 1 rings (SSSR count). The highest BCUT2D eigenvalue weighted by atomic mass is 32.2. The van der Waals surface area contributed by atoms with Crippen molar-refractivity contribution in [2.45, 2.75) is 38.1 Å². The number of anilines is 1. The van der Waals surface area contributed by atoms with Gasteiger partial charge in [0, 0.05) is 19.2 Å². The highest BCUT2D eigenvalue weighted by molar-refractivity contribution is 7.89. The van der Waals surface area contributed by atoms with Gasteiger partial charge in [-0.1, -0.05) is 6.92 Å². The summed E-state index contributed by atoms with van der Waals surface area (Å²) in [7, 11) is -3.93. The molecule has 0 bridgehead atoms. The molecule has 4 N–H and O–H groups in total. The van der Waals surface area contributed by atoms with Crippen LogP contribution in [0.5, 0.6) is 0 Å². The number of hydrogen-bond acceptors (Lipinski definition) is 5. The van der Waals surface area contributed by atoms with Gasteiger partial charge in [0.05, 0.1) is 17.5 Å². The number of sulfonamides is 1. The molecule has 0 heterocycles. The van der Waals surface area contributed by atoms with Crippen LogP contribution in [0.3, 0.4) is 0 Å². The summed E-state index contributed by atoms with van der Waals surface area (Å²) < 4.78 is 26.8. The summed E-state index contributed by atoms with van der Waals surface area (Å²) in [6.45, 7) is 4.90. The lowest BCUT2D eigenvalue weighted by atomic mass is 10.3. The maximum absolute atomic E-state index is 12.3. The van der Waals surface area contributed by atoms with Crippen LogP contribution in [0, 0.1) is 0 Å². The van der Waals surface area contributed by atoms with Gasteiger partial charge in [-0.05, 0) is 37.6 Å². The standard InChI is InChI=1S/C16H24N4O5S/c1-4-9-17-15(22)10-18-16(23)11(2)20-26(24,25)14-7-5-13(6-8-14)19-12(3)21/h5-8,11,20H,4,9-10H2,1-3H3,(H,17,22)(H,18,23)(H,19,21)/t11-/m0/s1. The third-order valence-electron chi connectivity index (χ3n) is 3.21. The van der Waals surface area contributed by atoms with Gasteiger partial charge in [0.25, 0.3) is 0 Å². The molecular weight excluding hydrogens is 360 g/mol. The van der Waals surface area contributed by atoms with Gasteiger partial charge in [-0.3, -0.25) is 14.4 Å². The molecule has 0 aliphatic rings. The van der Waals surface area contributed by atoms with E-state index in [2.05, 4.69) is 20.7 Å². The van der Waals surface area contributed by atoms with Crippen LogP contribution >= 0.6 is 0 Å². The van der Waals surface area contributed by atoms with Gasteiger partial charge in [0.1, 0.15) is 0 Å². The lowest BCUT2D eigenvalue weighted by Crippen LogP contribution is -2.47. The second kappa shape index (κ2) is 9.88. The average molecular weight is 384 g/mol. The fourth-order valence-corrected chi connectivity index (χ4v) is 3.13. The summed E-state index contributed by atoms with van der Waals surface area (Å²) in [5.41, 5.74) is 0.459. The zero-order valence-electron chi connectivity index (χ0n) is 15.0. The van der Waals surface area contributed by atoms with Gasteiger partial charge in [-0.15, -0.1) is 0 Å². The van der Waals surface area contributed by atoms with Crippen LogP contribution in [0.15, 0.2) is 29.2 Å². The van der Waals surface area contributed by atoms with Crippen LogP contribution in [0.1, 0.15) is 27.2 Å². The predicted molar refractivity (Wildman–Crippen MR) is 96.8 cm³/mol. The molecule has 26 heavy (non-hydrogen) atoms. The van der Waals surface area contributed by atoms with Gasteiger partial charge in [0.2, 0.25) is 27.7 Å². The van der Waals surface area contributed by atoms with Gasteiger partial charge in [0.15, 0.2) is 0 Å². The van der Waals surface area contributed by atoms with E-state index in [0.29, 0.717) is 12.2 Å². The molecule has 0 radical (unpaired) electrons. The Labute approximate surface area is 153 Å². The van der Waals surface area contributed by atoms with Crippen molar-refractivity contribution in [3.8, 4) is 0 Å². The average Bonchev–Trinajstić information content (AvgIpc) is 2.57. The number of rotatable bonds is 9. The molecule has 0 aliphatic heterocycles. The maximum atomic E-state index is 12.3. The molecule has 0 aliphatic carbocycles. The molecule has 0 saturated carbocycles. The van der Waals surface area contributed by atoms with E-state index >= 15 is 0 Å². The fourth-order valence-electron chi connectivity index (χ4n) is 1.92. The maximum Gasteiger partial charge on any atom is 0.241 e. The van der Waals surface area contributed by atoms with Crippen molar-refractivity contribution in [1.82, 2.24) is 15.4 Å². The summed E-state index contributed by atoms with van der Waals surface area (Å²) >= 11 is 0. The van der Waals surface area contributed by atoms with E-state index in [0.717, 1.165) is 6.42 Å². The van der Waals surface area contributed by atoms with E-state index in [1.54, 1.807) is 0 Å². The minimum atomic E-state index is -3.93. The Kier molecular flexibility index (Phi) is 8.20. The molecule has 1 aromatic rings. The Balaban J connectivity index is 2.63. The number of benzene rings is 1. The van der Waals surface area contributed by atoms with Crippen molar-refractivity contribution in [2.75, 3.05) is 18.4 Å². The largest absolute Gasteiger partial charge is 0.355 e. The first-order valence-electron chi connectivity index (χ1n) is 8.10. The lowest BCUT2D eigenvalue weighted by Gasteiger charge is -2.14. The third kappa shape index (κ3) is 7.19. The smallest absolute Gasteiger partial charge is 0.241 e. The number of hydrogen-bond donors (Lipinski definition) is 4. The molecule has 1 aromatic carbocycles. The number of carbonyl (C=O) groups is 3. The first kappa shape index (κ1) is 21.6. The molecule has 0 fully saturated rings. The van der Waals surface area contributed by atoms with Crippen LogP contribution in [0.2, 0.25) is 0 Å². The Hall–Kier alpha value is -2.46. The molecule has 9 nitrogen and oxygen atoms in total. The molecule has 3 amide bonds. The number of amides is 3. The number of carbonyl (C=O) groups excluding carboxylic acids is 3. The van der Waals surface area contributed by atoms with E-state index in [4.69, 9.17) is 0 Å². The first-order valence-corrected chi connectivity index (χ1v) is 9.58. The lowest BCUT2D eigenvalue weighted by molar-refractivity contribution is -0.126. The quantitative estimate of drug-likeness (QED) is 0.474. The van der Waals surface area contributed by atoms with Gasteiger partial charge in [-0.25, -0.2) is 8.42 Å². The van der Waals surface area contributed by atoms with E-state index in [-0.39, 0.29) is 23.3 Å². The molecule has 10 heteroatoms. The monoisotopic (exact) mass is 384 g/mol. The second-order valence-corrected chi connectivity index (χ2v) is 7.33. The summed E-state index contributed by atoms with van der Waals surface area (Å²) in [6.07, 6.45) is 0.774. The first-order chi connectivity index (χ1) is 12.2. The Morgan fingerprint density at radius 3 is 2.23 bits per heavy atom. The van der Waals surface area contributed by atoms with Crippen LogP contribution in [0.25, 0.3) is 0 Å². The minimum Gasteiger partial charge on any atom is -0.355 e. The molecule has 0 unspecified atom stereocenters. The second-order valence-electron chi connectivity index (χ2n) is 5.62. The molecular formula is C16H24N4O5S. The van der Waals surface area contributed by atoms with E-state index in [1.165, 1.54) is 38.1 Å². The summed E-state index contributed by atoms with van der Waals surface area (Å²) in [6, 6.07) is 4.46. The normalized spacial score (nSPS) is 12.1. The minimum absolute atomic E-state index is 0.0491. The van der Waals surface area contributed by atoms with Gasteiger partial charge < -0.3 is 16.0 Å². The van der Waals surface area contributed by atoms with Crippen molar-refractivity contribution in [2.24, 2.45) is 0 Å². The topological polar surface area (TPSA) is 133 Å². The van der Waals surface area contributed by atoms with Gasteiger partial charge >= 0.3 is 0 Å². The van der Waals surface area contributed by atoms with Crippen molar-refractivity contribution < 1.29 is 22.8 Å². The van der Waals surface area contributed by atoms with Crippen LogP contribution < -0.4 is 20.7 Å². The summed E-state index contributed by atoms with van der Waals surface area (Å²) in [5, 5.41) is 7.50. The van der Waals surface area contributed by atoms with Crippen LogP contribution in [0.4, 0.5) is 5.69 Å². The Morgan fingerprint density at radius 1 is 1.08 bits per heavy atom. The van der Waals surface area contributed by atoms with E-state index in [1.807, 2.05) is 6.92 Å². The Morgan fingerprint density at radius 2 is 1.69 bits per heavy atom. The van der Waals surface area contributed by atoms with Crippen molar-refractivity contribution >= 4 is 33.4 Å². The Bertz CT molecular complexity index is 746. The summed E-state index contributed by atoms with van der Waals surface area (Å²) in [4.78, 5) is 34.3. The third-order valence-corrected chi connectivity index (χ3v) is 4.76. The van der Waals surface area contributed by atoms with E-state index in [9.17, 15) is 22.8 Å². The fraction of sp³-hybridized carbons (Fsp3) is 0.438. The highest BCUT2D eigenvalue weighted by Crippen LogP contribution is 2.14. The molecule has 144 valence electrons. The zero-order valence-corrected chi connectivity index (χ0v) is 15.8. The van der Waals surface area contributed by atoms with Crippen molar-refractivity contribution in [1.29, 1.82) is 0 Å². The van der Waals surface area contributed by atoms with E-state index < -0.39 is 22.0 Å². The van der Waals surface area contributed by atoms with Crippen molar-refractivity contribution in [3.63, 3.8) is 0 Å². The highest BCUT2D eigenvalue weighted by Gasteiger charge is 2.22. The van der Waals surface area contributed by atoms with Crippen molar-refractivity contribution in [3.05, 3.63) is 24.3 Å². The van der Waals surface area contributed by atoms with Crippen LogP contribution in [-0.4, -0.2) is 45.3 Å². The summed E-state index contributed by atoms with van der Waals surface area (Å²) in [5.74, 6) is -1.23. The SMILES string of the molecule is CCCNC(=O)CNC(=O)[C@H](C)NS(=O)(=O)c1ccc(NC(C)=O)cc1. The molecule has 1 atom stereocenters.